The van der Waals surface area contributed by atoms with Gasteiger partial charge >= 0.3 is 12.0 Å². The number of aliphatic carboxylic acids is 1. The minimum absolute atomic E-state index is 0.407. The van der Waals surface area contributed by atoms with Gasteiger partial charge in [-0.15, -0.1) is 0 Å². The van der Waals surface area contributed by atoms with Crippen molar-refractivity contribution >= 4 is 17.7 Å². The number of nitrogens with one attached hydrogen (secondary N) is 2. The molecular weight excluding hydrogens is 276 g/mol. The van der Waals surface area contributed by atoms with E-state index < -0.39 is 24.1 Å². The minimum atomic E-state index is -2.02. The van der Waals surface area contributed by atoms with Crippen molar-refractivity contribution in [2.45, 2.75) is 26.4 Å². The molecule has 0 aliphatic rings. The Morgan fingerprint density at radius 2 is 1.95 bits per heavy atom. The van der Waals surface area contributed by atoms with Crippen LogP contribution in [0.25, 0.3) is 0 Å². The van der Waals surface area contributed by atoms with E-state index >= 15 is 0 Å². The summed E-state index contributed by atoms with van der Waals surface area (Å²) in [5.41, 5.74) is 0.231. The van der Waals surface area contributed by atoms with E-state index in [1.54, 1.807) is 26.2 Å². The smallest absolute Gasteiger partial charge is 0.337 e. The maximum absolute atomic E-state index is 11.8. The van der Waals surface area contributed by atoms with E-state index in [0.29, 0.717) is 11.4 Å². The number of methoxy groups -OCH3 is 1. The quantitative estimate of drug-likeness (QED) is 0.654. The van der Waals surface area contributed by atoms with Crippen LogP contribution >= 0.6 is 0 Å². The fourth-order valence-corrected chi connectivity index (χ4v) is 1.77. The SMILES string of the molecule is COc1c(C)ccc(NC(=O)NCC(C)(O)C(=O)O)c1C. The van der Waals surface area contributed by atoms with Gasteiger partial charge in [0.15, 0.2) is 5.60 Å². The Kier molecular flexibility index (Phi) is 5.15. The van der Waals surface area contributed by atoms with Crippen LogP contribution in [0.5, 0.6) is 5.75 Å². The number of amides is 2. The lowest BCUT2D eigenvalue weighted by molar-refractivity contribution is -0.155. The molecule has 0 spiro atoms. The Labute approximate surface area is 122 Å². The predicted octanol–water partition coefficient (Wildman–Crippen LogP) is 1.27. The summed E-state index contributed by atoms with van der Waals surface area (Å²) in [4.78, 5) is 22.5. The summed E-state index contributed by atoms with van der Waals surface area (Å²) in [6.07, 6.45) is 0. The van der Waals surface area contributed by atoms with Crippen molar-refractivity contribution in [3.05, 3.63) is 23.3 Å². The highest BCUT2D eigenvalue weighted by Crippen LogP contribution is 2.28. The van der Waals surface area contributed by atoms with E-state index in [4.69, 9.17) is 9.84 Å². The summed E-state index contributed by atoms with van der Waals surface area (Å²) in [5.74, 6) is -0.735. The van der Waals surface area contributed by atoms with Gasteiger partial charge in [-0.1, -0.05) is 6.07 Å². The molecule has 0 heterocycles. The number of carbonyl (C=O) groups excluding carboxylic acids is 1. The highest BCUT2D eigenvalue weighted by Gasteiger charge is 2.30. The number of carboxylic acids is 1. The van der Waals surface area contributed by atoms with Crippen LogP contribution in [0.3, 0.4) is 0 Å². The van der Waals surface area contributed by atoms with Crippen LogP contribution in [0.1, 0.15) is 18.1 Å². The number of urea groups is 1. The highest BCUT2D eigenvalue weighted by atomic mass is 16.5. The molecule has 0 aromatic heterocycles. The first-order chi connectivity index (χ1) is 9.69. The summed E-state index contributed by atoms with van der Waals surface area (Å²) in [6, 6.07) is 2.92. The lowest BCUT2D eigenvalue weighted by atomic mass is 10.1. The molecule has 7 nitrogen and oxygen atoms in total. The Morgan fingerprint density at radius 1 is 1.33 bits per heavy atom. The number of anilines is 1. The fourth-order valence-electron chi connectivity index (χ4n) is 1.77. The number of hydrogen-bond acceptors (Lipinski definition) is 4. The Balaban J connectivity index is 2.74. The van der Waals surface area contributed by atoms with Gasteiger partial charge in [0.1, 0.15) is 5.75 Å². The topological polar surface area (TPSA) is 108 Å². The third kappa shape index (κ3) is 4.09. The van der Waals surface area contributed by atoms with E-state index in [1.807, 2.05) is 6.92 Å². The summed E-state index contributed by atoms with van der Waals surface area (Å²) >= 11 is 0. The van der Waals surface area contributed by atoms with Crippen molar-refractivity contribution in [1.29, 1.82) is 0 Å². The molecule has 0 saturated carbocycles. The van der Waals surface area contributed by atoms with Gasteiger partial charge in [0.2, 0.25) is 0 Å². The molecule has 4 N–H and O–H groups in total. The molecule has 21 heavy (non-hydrogen) atoms. The largest absolute Gasteiger partial charge is 0.496 e. The number of benzene rings is 1. The first-order valence-corrected chi connectivity index (χ1v) is 6.34. The van der Waals surface area contributed by atoms with Crippen molar-refractivity contribution in [3.63, 3.8) is 0 Å². The molecule has 0 bridgehead atoms. The van der Waals surface area contributed by atoms with Crippen LogP contribution in [-0.2, 0) is 4.79 Å². The molecule has 1 aromatic rings. The monoisotopic (exact) mass is 296 g/mol. The predicted molar refractivity (Wildman–Crippen MR) is 77.7 cm³/mol. The van der Waals surface area contributed by atoms with E-state index in [-0.39, 0.29) is 0 Å². The molecule has 0 saturated heterocycles. The maximum atomic E-state index is 11.8. The van der Waals surface area contributed by atoms with E-state index in [2.05, 4.69) is 10.6 Å². The maximum Gasteiger partial charge on any atom is 0.337 e. The van der Waals surface area contributed by atoms with Gasteiger partial charge in [0.25, 0.3) is 0 Å². The van der Waals surface area contributed by atoms with Gasteiger partial charge in [-0.25, -0.2) is 9.59 Å². The normalized spacial score (nSPS) is 13.2. The van der Waals surface area contributed by atoms with Crippen molar-refractivity contribution in [3.8, 4) is 5.75 Å². The number of hydrogen-bond donors (Lipinski definition) is 4. The van der Waals surface area contributed by atoms with Crippen molar-refractivity contribution < 1.29 is 24.5 Å². The molecule has 1 aromatic carbocycles. The second-order valence-electron chi connectivity index (χ2n) is 4.97. The Bertz CT molecular complexity index is 555. The zero-order valence-electron chi connectivity index (χ0n) is 12.5. The average molecular weight is 296 g/mol. The molecular formula is C14H20N2O5. The molecule has 0 aliphatic heterocycles. The third-order valence-electron chi connectivity index (χ3n) is 3.11. The molecule has 0 radical (unpaired) electrons. The van der Waals surface area contributed by atoms with E-state index in [1.165, 1.54) is 0 Å². The number of rotatable bonds is 5. The summed E-state index contributed by atoms with van der Waals surface area (Å²) < 4.78 is 5.25. The minimum Gasteiger partial charge on any atom is -0.496 e. The van der Waals surface area contributed by atoms with Gasteiger partial charge in [-0.05, 0) is 32.4 Å². The van der Waals surface area contributed by atoms with Crippen LogP contribution in [0.4, 0.5) is 10.5 Å². The van der Waals surface area contributed by atoms with Crippen molar-refractivity contribution in [2.75, 3.05) is 19.0 Å². The van der Waals surface area contributed by atoms with Gasteiger partial charge < -0.3 is 25.6 Å². The third-order valence-corrected chi connectivity index (χ3v) is 3.11. The number of ether oxygens (including phenoxy) is 1. The van der Waals surface area contributed by atoms with Crippen molar-refractivity contribution in [1.82, 2.24) is 5.32 Å². The fraction of sp³-hybridized carbons (Fsp3) is 0.429. The molecule has 1 rings (SSSR count). The van der Waals surface area contributed by atoms with Gasteiger partial charge in [-0.2, -0.15) is 0 Å². The molecule has 2 amide bonds. The van der Waals surface area contributed by atoms with Crippen LogP contribution in [-0.4, -0.2) is 41.5 Å². The van der Waals surface area contributed by atoms with Crippen LogP contribution in [0.2, 0.25) is 0 Å². The second kappa shape index (κ2) is 6.45. The molecule has 1 unspecified atom stereocenters. The molecule has 116 valence electrons. The second-order valence-corrected chi connectivity index (χ2v) is 4.97. The standard InChI is InChI=1S/C14H20N2O5/c1-8-5-6-10(9(2)11(8)21-4)16-13(19)15-7-14(3,20)12(17)18/h5-6,20H,7H2,1-4H3,(H,17,18)(H2,15,16,19). The zero-order valence-corrected chi connectivity index (χ0v) is 12.5. The zero-order chi connectivity index (χ0) is 16.2. The number of carboxylic acid groups (broad SMARTS) is 1. The van der Waals surface area contributed by atoms with Gasteiger partial charge in [-0.3, -0.25) is 0 Å². The van der Waals surface area contributed by atoms with Gasteiger partial charge in [0.05, 0.1) is 13.7 Å². The van der Waals surface area contributed by atoms with Crippen LogP contribution in [0.15, 0.2) is 12.1 Å². The lowest BCUT2D eigenvalue weighted by Crippen LogP contribution is -2.47. The number of carbonyl (C=O) groups is 2. The van der Waals surface area contributed by atoms with Gasteiger partial charge in [0, 0.05) is 11.3 Å². The molecule has 1 atom stereocenters. The molecule has 7 heteroatoms. The highest BCUT2D eigenvalue weighted by molar-refractivity contribution is 5.91. The summed E-state index contributed by atoms with van der Waals surface area (Å²) in [7, 11) is 1.54. The van der Waals surface area contributed by atoms with Crippen LogP contribution < -0.4 is 15.4 Å². The average Bonchev–Trinajstić information content (AvgIpc) is 2.40. The number of aryl methyl sites for hydroxylation is 1. The Morgan fingerprint density at radius 3 is 2.48 bits per heavy atom. The van der Waals surface area contributed by atoms with Crippen molar-refractivity contribution in [2.24, 2.45) is 0 Å². The summed E-state index contributed by atoms with van der Waals surface area (Å²) in [5, 5.41) is 23.2. The first kappa shape index (κ1) is 16.8. The van der Waals surface area contributed by atoms with Crippen LogP contribution in [0, 0.1) is 13.8 Å². The molecule has 0 fully saturated rings. The first-order valence-electron chi connectivity index (χ1n) is 6.34. The number of aliphatic hydroxyl groups is 1. The van der Waals surface area contributed by atoms with E-state index in [0.717, 1.165) is 18.1 Å². The van der Waals surface area contributed by atoms with E-state index in [9.17, 15) is 14.7 Å². The summed E-state index contributed by atoms with van der Waals surface area (Å²) in [6.45, 7) is 4.39. The lowest BCUT2D eigenvalue weighted by Gasteiger charge is -2.19. The Hall–Kier alpha value is -2.28. The molecule has 0 aliphatic carbocycles.